The zero-order valence-electron chi connectivity index (χ0n) is 12.1. The van der Waals surface area contributed by atoms with Crippen molar-refractivity contribution < 1.29 is 13.5 Å². The van der Waals surface area contributed by atoms with E-state index >= 15 is 0 Å². The molecule has 0 radical (unpaired) electrons. The molecular formula is C15H23F2NO. The number of benzene rings is 1. The molecule has 0 saturated heterocycles. The summed E-state index contributed by atoms with van der Waals surface area (Å²) in [5, 5.41) is 3.32. The van der Waals surface area contributed by atoms with Crippen LogP contribution in [0.2, 0.25) is 0 Å². The monoisotopic (exact) mass is 271 g/mol. The minimum atomic E-state index is -0.917. The number of nitrogens with one attached hydrogen (secondary N) is 1. The molecule has 1 aromatic carbocycles. The summed E-state index contributed by atoms with van der Waals surface area (Å²) >= 11 is 0. The first-order valence-corrected chi connectivity index (χ1v) is 6.69. The Labute approximate surface area is 114 Å². The van der Waals surface area contributed by atoms with E-state index in [2.05, 4.69) is 26.1 Å². The Hall–Kier alpha value is -1.16. The summed E-state index contributed by atoms with van der Waals surface area (Å²) in [6.45, 7) is 8.80. The van der Waals surface area contributed by atoms with Gasteiger partial charge in [-0.15, -0.1) is 0 Å². The van der Waals surface area contributed by atoms with Crippen LogP contribution in [0.3, 0.4) is 0 Å². The number of hydrogen-bond acceptors (Lipinski definition) is 2. The van der Waals surface area contributed by atoms with Crippen LogP contribution in [-0.2, 0) is 0 Å². The third kappa shape index (κ3) is 5.55. The molecule has 0 aromatic heterocycles. The highest BCUT2D eigenvalue weighted by atomic mass is 19.2. The maximum Gasteiger partial charge on any atom is 0.200 e. The van der Waals surface area contributed by atoms with Crippen molar-refractivity contribution >= 4 is 0 Å². The lowest BCUT2D eigenvalue weighted by Crippen LogP contribution is -2.42. The molecule has 1 N–H and O–H groups in total. The summed E-state index contributed by atoms with van der Waals surface area (Å²) in [6.07, 6.45) is 1.55. The maximum absolute atomic E-state index is 13.6. The van der Waals surface area contributed by atoms with Gasteiger partial charge in [0.25, 0.3) is 0 Å². The smallest absolute Gasteiger partial charge is 0.200 e. The average Bonchev–Trinajstić information content (AvgIpc) is 2.31. The second-order valence-electron chi connectivity index (χ2n) is 5.71. The molecule has 0 aliphatic rings. The van der Waals surface area contributed by atoms with Crippen molar-refractivity contribution in [3.63, 3.8) is 0 Å². The Bertz CT molecular complexity index is 402. The van der Waals surface area contributed by atoms with E-state index < -0.39 is 11.6 Å². The van der Waals surface area contributed by atoms with Gasteiger partial charge in [-0.2, -0.15) is 4.39 Å². The summed E-state index contributed by atoms with van der Waals surface area (Å²) in [4.78, 5) is 0. The first kappa shape index (κ1) is 15.9. The van der Waals surface area contributed by atoms with E-state index in [1.165, 1.54) is 12.1 Å². The molecule has 0 heterocycles. The lowest BCUT2D eigenvalue weighted by molar-refractivity contribution is 0.166. The largest absolute Gasteiger partial charge is 0.486 e. The van der Waals surface area contributed by atoms with Gasteiger partial charge < -0.3 is 10.1 Å². The molecule has 0 aliphatic carbocycles. The first-order chi connectivity index (χ1) is 8.83. The standard InChI is InChI=1S/C15H23F2NO/c1-5-7-11(10-18-15(2,3)4)19-13-9-6-8-12(16)14(13)17/h6,8-9,11,18H,5,7,10H2,1-4H3. The predicted molar refractivity (Wildman–Crippen MR) is 73.4 cm³/mol. The van der Waals surface area contributed by atoms with E-state index in [1.807, 2.05) is 6.92 Å². The van der Waals surface area contributed by atoms with Gasteiger partial charge in [-0.05, 0) is 39.3 Å². The highest BCUT2D eigenvalue weighted by Gasteiger charge is 2.17. The topological polar surface area (TPSA) is 21.3 Å². The van der Waals surface area contributed by atoms with Crippen LogP contribution in [0.15, 0.2) is 18.2 Å². The Morgan fingerprint density at radius 2 is 1.95 bits per heavy atom. The third-order valence-electron chi connectivity index (χ3n) is 2.68. The van der Waals surface area contributed by atoms with Crippen molar-refractivity contribution in [2.45, 2.75) is 52.2 Å². The molecule has 1 rings (SSSR count). The number of rotatable bonds is 6. The molecule has 0 bridgehead atoms. The molecule has 0 fully saturated rings. The van der Waals surface area contributed by atoms with E-state index in [1.54, 1.807) is 0 Å². The van der Waals surface area contributed by atoms with Crippen LogP contribution in [0.25, 0.3) is 0 Å². The van der Waals surface area contributed by atoms with Gasteiger partial charge in [0.05, 0.1) is 0 Å². The van der Waals surface area contributed by atoms with Crippen LogP contribution in [0, 0.1) is 11.6 Å². The SMILES string of the molecule is CCCC(CNC(C)(C)C)Oc1cccc(F)c1F. The maximum atomic E-state index is 13.6. The number of halogens is 2. The molecule has 4 heteroatoms. The third-order valence-corrected chi connectivity index (χ3v) is 2.68. The molecule has 2 nitrogen and oxygen atoms in total. The van der Waals surface area contributed by atoms with Gasteiger partial charge >= 0.3 is 0 Å². The van der Waals surface area contributed by atoms with Gasteiger partial charge in [-0.1, -0.05) is 19.4 Å². The second-order valence-corrected chi connectivity index (χ2v) is 5.71. The summed E-state index contributed by atoms with van der Waals surface area (Å²) in [7, 11) is 0. The molecule has 0 amide bonds. The molecule has 108 valence electrons. The zero-order valence-corrected chi connectivity index (χ0v) is 12.1. The van der Waals surface area contributed by atoms with Crippen LogP contribution in [0.4, 0.5) is 8.78 Å². The van der Waals surface area contributed by atoms with Crippen molar-refractivity contribution in [3.8, 4) is 5.75 Å². The van der Waals surface area contributed by atoms with Crippen molar-refractivity contribution in [3.05, 3.63) is 29.8 Å². The summed E-state index contributed by atoms with van der Waals surface area (Å²) < 4.78 is 32.3. The van der Waals surface area contributed by atoms with Gasteiger partial charge in [-0.25, -0.2) is 4.39 Å². The molecule has 0 saturated carbocycles. The Morgan fingerprint density at radius 3 is 2.53 bits per heavy atom. The van der Waals surface area contributed by atoms with Crippen LogP contribution < -0.4 is 10.1 Å². The predicted octanol–water partition coefficient (Wildman–Crippen LogP) is 3.90. The molecule has 0 spiro atoms. The molecule has 0 aliphatic heterocycles. The van der Waals surface area contributed by atoms with Gasteiger partial charge in [0.15, 0.2) is 11.6 Å². The lowest BCUT2D eigenvalue weighted by atomic mass is 10.1. The molecular weight excluding hydrogens is 248 g/mol. The number of ether oxygens (including phenoxy) is 1. The van der Waals surface area contributed by atoms with Crippen molar-refractivity contribution in [2.75, 3.05) is 6.54 Å². The van der Waals surface area contributed by atoms with Gasteiger partial charge in [-0.3, -0.25) is 0 Å². The van der Waals surface area contributed by atoms with Crippen molar-refractivity contribution in [2.24, 2.45) is 0 Å². The zero-order chi connectivity index (χ0) is 14.5. The van der Waals surface area contributed by atoms with E-state index in [4.69, 9.17) is 4.74 Å². The Kier molecular flexibility index (Phi) is 5.73. The van der Waals surface area contributed by atoms with Gasteiger partial charge in [0.1, 0.15) is 6.10 Å². The molecule has 1 unspecified atom stereocenters. The Balaban J connectivity index is 2.70. The van der Waals surface area contributed by atoms with Crippen LogP contribution >= 0.6 is 0 Å². The molecule has 1 aromatic rings. The second kappa shape index (κ2) is 6.85. The van der Waals surface area contributed by atoms with Crippen LogP contribution in [0.1, 0.15) is 40.5 Å². The van der Waals surface area contributed by atoms with Crippen LogP contribution in [0.5, 0.6) is 5.75 Å². The summed E-state index contributed by atoms with van der Waals surface area (Å²) in [5.41, 5.74) is -0.0319. The fourth-order valence-corrected chi connectivity index (χ4v) is 1.70. The Morgan fingerprint density at radius 1 is 1.26 bits per heavy atom. The van der Waals surface area contributed by atoms with E-state index in [9.17, 15) is 8.78 Å². The summed E-state index contributed by atoms with van der Waals surface area (Å²) in [6, 6.07) is 4.00. The lowest BCUT2D eigenvalue weighted by Gasteiger charge is -2.26. The molecule has 19 heavy (non-hydrogen) atoms. The normalized spacial score (nSPS) is 13.4. The highest BCUT2D eigenvalue weighted by molar-refractivity contribution is 5.25. The van der Waals surface area contributed by atoms with Gasteiger partial charge in [0.2, 0.25) is 5.82 Å². The minimum absolute atomic E-state index is 0.0193. The summed E-state index contributed by atoms with van der Waals surface area (Å²) in [5.74, 6) is -1.81. The van der Waals surface area contributed by atoms with Crippen LogP contribution in [-0.4, -0.2) is 18.2 Å². The fourth-order valence-electron chi connectivity index (χ4n) is 1.70. The quantitative estimate of drug-likeness (QED) is 0.847. The van der Waals surface area contributed by atoms with E-state index in [-0.39, 0.29) is 17.4 Å². The first-order valence-electron chi connectivity index (χ1n) is 6.69. The minimum Gasteiger partial charge on any atom is -0.486 e. The molecule has 1 atom stereocenters. The highest BCUT2D eigenvalue weighted by Crippen LogP contribution is 2.21. The van der Waals surface area contributed by atoms with Crippen molar-refractivity contribution in [1.29, 1.82) is 0 Å². The van der Waals surface area contributed by atoms with Gasteiger partial charge in [0, 0.05) is 12.1 Å². The van der Waals surface area contributed by atoms with E-state index in [0.29, 0.717) is 6.54 Å². The number of hydrogen-bond donors (Lipinski definition) is 1. The fraction of sp³-hybridized carbons (Fsp3) is 0.600. The van der Waals surface area contributed by atoms with Crippen molar-refractivity contribution in [1.82, 2.24) is 5.32 Å². The van der Waals surface area contributed by atoms with E-state index in [0.717, 1.165) is 18.9 Å². The average molecular weight is 271 g/mol.